The zero-order valence-corrected chi connectivity index (χ0v) is 44.1. The minimum atomic E-state index is -0.107. The first-order valence-corrected chi connectivity index (χ1v) is 27.5. The number of fused-ring (bicyclic) bond motifs is 7. The maximum absolute atomic E-state index is 11.6. The average Bonchev–Trinajstić information content (AvgIpc) is 4.17. The fraction of sp³-hybridized carbons (Fsp3) is 0.909. The highest BCUT2D eigenvalue weighted by Crippen LogP contribution is 2.59. The van der Waals surface area contributed by atoms with Crippen LogP contribution in [0.5, 0.6) is 0 Å². The molecule has 6 bridgehead atoms. The molecule has 11 heteroatoms. The van der Waals surface area contributed by atoms with Gasteiger partial charge in [-0.3, -0.25) is 24.0 Å². The van der Waals surface area contributed by atoms with E-state index in [2.05, 4.69) is 41.5 Å². The summed E-state index contributed by atoms with van der Waals surface area (Å²) in [5, 5.41) is 0. The fourth-order valence-corrected chi connectivity index (χ4v) is 11.9. The van der Waals surface area contributed by atoms with Gasteiger partial charge in [0.15, 0.2) is 0 Å². The maximum atomic E-state index is 11.6. The van der Waals surface area contributed by atoms with Crippen LogP contribution in [0, 0.1) is 52.8 Å². The van der Waals surface area contributed by atoms with Crippen molar-refractivity contribution in [2.24, 2.45) is 52.8 Å². The van der Waals surface area contributed by atoms with Gasteiger partial charge >= 0.3 is 29.8 Å². The summed E-state index contributed by atoms with van der Waals surface area (Å²) in [7, 11) is 0. The first kappa shape index (κ1) is 59.4. The molecule has 7 aliphatic heterocycles. The minimum absolute atomic E-state index is 0.00289. The van der Waals surface area contributed by atoms with Crippen LogP contribution in [0.1, 0.15) is 224 Å². The van der Waals surface area contributed by atoms with Crippen LogP contribution in [0.25, 0.3) is 0 Å². The molecule has 7 saturated heterocycles. The molecule has 0 aromatic carbocycles. The van der Waals surface area contributed by atoms with E-state index in [0.717, 1.165) is 82.1 Å². The largest absolute Gasteiger partial charge is 0.465 e. The Labute approximate surface area is 402 Å². The van der Waals surface area contributed by atoms with E-state index in [1.807, 2.05) is 41.5 Å². The molecule has 1 spiro atoms. The van der Waals surface area contributed by atoms with Crippen LogP contribution in [0.2, 0.25) is 0 Å². The molecule has 6 aliphatic carbocycles. The third-order valence-electron chi connectivity index (χ3n) is 14.4. The number of hydrogen-bond acceptors (Lipinski definition) is 11. The van der Waals surface area contributed by atoms with Gasteiger partial charge in [0, 0.05) is 18.3 Å². The van der Waals surface area contributed by atoms with Gasteiger partial charge in [0.25, 0.3) is 0 Å². The smallest absolute Gasteiger partial charge is 0.312 e. The second-order valence-corrected chi connectivity index (χ2v) is 19.7. The topological polar surface area (TPSA) is 141 Å². The van der Waals surface area contributed by atoms with Gasteiger partial charge < -0.3 is 28.4 Å². The van der Waals surface area contributed by atoms with E-state index in [0.29, 0.717) is 49.9 Å². The molecule has 13 rings (SSSR count). The maximum Gasteiger partial charge on any atom is 0.312 e. The van der Waals surface area contributed by atoms with Crippen LogP contribution in [-0.2, 0) is 52.4 Å². The lowest BCUT2D eigenvalue weighted by Crippen LogP contribution is -2.32. The van der Waals surface area contributed by atoms with E-state index < -0.39 is 0 Å². The van der Waals surface area contributed by atoms with Crippen molar-refractivity contribution in [2.75, 3.05) is 19.8 Å². The lowest BCUT2D eigenvalue weighted by Gasteiger charge is -2.35. The molecule has 0 radical (unpaired) electrons. The van der Waals surface area contributed by atoms with Crippen molar-refractivity contribution in [3.8, 4) is 0 Å². The summed E-state index contributed by atoms with van der Waals surface area (Å²) < 4.78 is 30.6. The molecule has 0 amide bonds. The zero-order valence-electron chi connectivity index (χ0n) is 44.1. The summed E-state index contributed by atoms with van der Waals surface area (Å²) >= 11 is 0. The number of cyclic esters (lactones) is 2. The predicted octanol–water partition coefficient (Wildman–Crippen LogP) is 13.0. The second kappa shape index (κ2) is 32.2. The van der Waals surface area contributed by atoms with Crippen molar-refractivity contribution < 1.29 is 52.4 Å². The van der Waals surface area contributed by atoms with Crippen LogP contribution in [-0.4, -0.2) is 74.1 Å². The van der Waals surface area contributed by atoms with E-state index >= 15 is 0 Å². The van der Waals surface area contributed by atoms with Crippen LogP contribution < -0.4 is 0 Å². The summed E-state index contributed by atoms with van der Waals surface area (Å²) in [5.74, 6) is 5.03. The molecule has 11 atom stereocenters. The molecule has 0 N–H and O–H groups in total. The first-order valence-electron chi connectivity index (χ1n) is 27.5. The van der Waals surface area contributed by atoms with Gasteiger partial charge in [-0.1, -0.05) is 115 Å². The molecule has 0 aromatic heterocycles. The minimum Gasteiger partial charge on any atom is -0.465 e. The molecule has 6 saturated carbocycles. The third-order valence-corrected chi connectivity index (χ3v) is 14.4. The summed E-state index contributed by atoms with van der Waals surface area (Å²) in [6, 6.07) is 0. The van der Waals surface area contributed by atoms with Gasteiger partial charge in [-0.2, -0.15) is 0 Å². The van der Waals surface area contributed by atoms with Gasteiger partial charge in [-0.25, -0.2) is 0 Å². The van der Waals surface area contributed by atoms with Gasteiger partial charge in [0.05, 0.1) is 49.9 Å². The zero-order chi connectivity index (χ0) is 49.2. The Hall–Kier alpha value is -2.69. The normalized spacial score (nSPS) is 36.1. The highest BCUT2D eigenvalue weighted by molar-refractivity contribution is 5.79. The molecule has 7 heterocycles. The van der Waals surface area contributed by atoms with E-state index in [9.17, 15) is 24.0 Å². The van der Waals surface area contributed by atoms with Gasteiger partial charge in [0.1, 0.15) is 24.4 Å². The molecular formula is C55H98O11. The van der Waals surface area contributed by atoms with E-state index in [1.165, 1.54) is 70.6 Å². The SMILES string of the molecule is CC.CC.CC.CCC.CCC.CCC.O=C1CC2CCCC2O1.O=C1CC2OCCC2O1.O=C1OC2CC3CC(C2)CC1C3.O=C1OCC2CCCC12.O=C1OCCC12CC1CCC2C1. The van der Waals surface area contributed by atoms with Gasteiger partial charge in [-0.05, 0) is 114 Å². The molecule has 11 nitrogen and oxygen atoms in total. The number of ether oxygens (including phenoxy) is 6. The highest BCUT2D eigenvalue weighted by Gasteiger charge is 2.58. The molecule has 11 unspecified atom stereocenters. The Bertz CT molecular complexity index is 1320. The number of rotatable bonds is 0. The van der Waals surface area contributed by atoms with Crippen LogP contribution in [0.15, 0.2) is 0 Å². The molecule has 66 heavy (non-hydrogen) atoms. The molecule has 13 fully saturated rings. The van der Waals surface area contributed by atoms with E-state index in [1.54, 1.807) is 0 Å². The van der Waals surface area contributed by atoms with Crippen LogP contribution in [0.4, 0.5) is 0 Å². The summed E-state index contributed by atoms with van der Waals surface area (Å²) in [5.41, 5.74) is 0.00289. The predicted molar refractivity (Wildman–Crippen MR) is 261 cm³/mol. The number of carbonyl (C=O) groups excluding carboxylic acids is 5. The van der Waals surface area contributed by atoms with Crippen molar-refractivity contribution in [3.05, 3.63) is 0 Å². The third kappa shape index (κ3) is 17.4. The van der Waals surface area contributed by atoms with Crippen molar-refractivity contribution in [3.63, 3.8) is 0 Å². The van der Waals surface area contributed by atoms with E-state index in [-0.39, 0.29) is 65.4 Å². The molecule has 0 aromatic rings. The first-order chi connectivity index (χ1) is 32.0. The summed E-state index contributed by atoms with van der Waals surface area (Å²) in [6.45, 7) is 26.9. The van der Waals surface area contributed by atoms with Gasteiger partial charge in [-0.15, -0.1) is 0 Å². The Morgan fingerprint density at radius 3 is 1.64 bits per heavy atom. The lowest BCUT2D eigenvalue weighted by molar-refractivity contribution is -0.151. The quantitative estimate of drug-likeness (QED) is 0.169. The van der Waals surface area contributed by atoms with Crippen molar-refractivity contribution in [1.29, 1.82) is 0 Å². The molecule has 384 valence electrons. The Kier molecular flexibility index (Phi) is 29.0. The van der Waals surface area contributed by atoms with Crippen LogP contribution in [0.3, 0.4) is 0 Å². The summed E-state index contributed by atoms with van der Waals surface area (Å²) in [6.07, 6.45) is 25.6. The van der Waals surface area contributed by atoms with Crippen molar-refractivity contribution in [2.45, 2.75) is 249 Å². The Balaban J connectivity index is 0.000000265. The van der Waals surface area contributed by atoms with Crippen molar-refractivity contribution in [1.82, 2.24) is 0 Å². The monoisotopic (exact) mass is 935 g/mol. The Morgan fingerprint density at radius 1 is 0.515 bits per heavy atom. The molecular weight excluding hydrogens is 837 g/mol. The number of esters is 5. The lowest BCUT2D eigenvalue weighted by atomic mass is 9.68. The standard InChI is InChI=1S/2C10H14O2.2C7H10O2.C6H8O3.3C3H8.3C2H6/c11-10-8-2-6-1-7(3-8)5-9(4-6)12-10;11-9-10(3-4-12-9)6-7-1-2-8(10)5-7;8-7-6-3-1-2-5(6)4-9-7;8-7-4-5-2-1-3-6(5)9-7;7-6-3-5-4(9-6)1-2-8-5;3*1-3-2;3*1-2/h6-9H,1-5H2;7-8H,1-6H2;2*5-6H,1-4H2;4-5H,1-3H2;3*3H2,1-2H3;3*1-2H3. The Morgan fingerprint density at radius 2 is 1.11 bits per heavy atom. The second-order valence-electron chi connectivity index (χ2n) is 19.7. The van der Waals surface area contributed by atoms with Crippen molar-refractivity contribution >= 4 is 29.8 Å². The van der Waals surface area contributed by atoms with Gasteiger partial charge in [0.2, 0.25) is 0 Å². The average molecular weight is 935 g/mol. The highest BCUT2D eigenvalue weighted by atomic mass is 16.6. The number of carbonyl (C=O) groups is 5. The fourth-order valence-electron chi connectivity index (χ4n) is 11.9. The van der Waals surface area contributed by atoms with Crippen LogP contribution >= 0.6 is 0 Å². The molecule has 13 aliphatic rings. The number of hydrogen-bond donors (Lipinski definition) is 0. The van der Waals surface area contributed by atoms with E-state index in [4.69, 9.17) is 28.4 Å². The summed E-state index contributed by atoms with van der Waals surface area (Å²) in [4.78, 5) is 55.0.